The summed E-state index contributed by atoms with van der Waals surface area (Å²) in [6.07, 6.45) is 0. The van der Waals surface area contributed by atoms with Crippen LogP contribution in [0.4, 0.5) is 11.4 Å². The molecule has 0 bridgehead atoms. The molecule has 0 saturated heterocycles. The molecule has 1 N–H and O–H groups in total. The summed E-state index contributed by atoms with van der Waals surface area (Å²) in [5.74, 6) is -0.263. The Bertz CT molecular complexity index is 759. The van der Waals surface area contributed by atoms with Crippen LogP contribution in [0.2, 0.25) is 10.0 Å². The first-order valence-corrected chi connectivity index (χ1v) is 7.24. The Morgan fingerprint density at radius 2 is 1.90 bits per heavy atom. The second kappa shape index (κ2) is 5.20. The van der Waals surface area contributed by atoms with Gasteiger partial charge in [-0.2, -0.15) is 0 Å². The zero-order valence-corrected chi connectivity index (χ0v) is 13.1. The molecule has 20 heavy (non-hydrogen) atoms. The van der Waals surface area contributed by atoms with Crippen molar-refractivity contribution in [1.82, 2.24) is 0 Å². The minimum Gasteiger partial charge on any atom is -0.320 e. The highest BCUT2D eigenvalue weighted by molar-refractivity contribution is 9.10. The van der Waals surface area contributed by atoms with Crippen LogP contribution in [0, 0.1) is 0 Å². The maximum atomic E-state index is 12.0. The molecule has 0 aromatic heterocycles. The molecule has 3 nitrogen and oxygen atoms in total. The molecule has 6 heteroatoms. The number of amides is 1. The maximum Gasteiger partial charge on any atom is 0.275 e. The molecule has 0 unspecified atom stereocenters. The Kier molecular flexibility index (Phi) is 3.54. The van der Waals surface area contributed by atoms with Crippen LogP contribution in [-0.2, 0) is 4.79 Å². The van der Waals surface area contributed by atoms with Gasteiger partial charge < -0.3 is 5.32 Å². The van der Waals surface area contributed by atoms with Gasteiger partial charge in [0.2, 0.25) is 0 Å². The molecule has 0 saturated carbocycles. The molecule has 2 aromatic rings. The van der Waals surface area contributed by atoms with E-state index >= 15 is 0 Å². The number of aliphatic imine (C=N–C) groups is 1. The summed E-state index contributed by atoms with van der Waals surface area (Å²) in [5.41, 5.74) is 2.23. The van der Waals surface area contributed by atoms with Crippen molar-refractivity contribution in [3.05, 3.63) is 56.5 Å². The van der Waals surface area contributed by atoms with E-state index in [4.69, 9.17) is 23.2 Å². The Hall–Kier alpha value is -1.36. The maximum absolute atomic E-state index is 12.0. The van der Waals surface area contributed by atoms with Gasteiger partial charge in [0.1, 0.15) is 5.71 Å². The number of carbonyl (C=O) groups is 1. The predicted octanol–water partition coefficient (Wildman–Crippen LogP) is 4.83. The lowest BCUT2D eigenvalue weighted by Crippen LogP contribution is -2.13. The summed E-state index contributed by atoms with van der Waals surface area (Å²) < 4.78 is 0.853. The second-order valence-electron chi connectivity index (χ2n) is 4.20. The number of halogens is 3. The number of carbonyl (C=O) groups excluding carboxylic acids is 1. The Labute approximate surface area is 133 Å². The van der Waals surface area contributed by atoms with Crippen LogP contribution in [0.3, 0.4) is 0 Å². The van der Waals surface area contributed by atoms with Crippen molar-refractivity contribution in [3.63, 3.8) is 0 Å². The number of nitrogens with zero attached hydrogens (tertiary/aromatic N) is 1. The van der Waals surface area contributed by atoms with Crippen LogP contribution in [-0.4, -0.2) is 11.6 Å². The van der Waals surface area contributed by atoms with Gasteiger partial charge in [-0.3, -0.25) is 4.79 Å². The number of rotatable bonds is 1. The largest absolute Gasteiger partial charge is 0.320 e. The van der Waals surface area contributed by atoms with E-state index in [1.165, 1.54) is 0 Å². The lowest BCUT2D eigenvalue weighted by atomic mass is 10.1. The predicted molar refractivity (Wildman–Crippen MR) is 85.4 cm³/mol. The van der Waals surface area contributed by atoms with Gasteiger partial charge in [0, 0.05) is 15.1 Å². The number of hydrogen-bond donors (Lipinski definition) is 1. The molecular weight excluding hydrogens is 363 g/mol. The lowest BCUT2D eigenvalue weighted by Gasteiger charge is -2.01. The quantitative estimate of drug-likeness (QED) is 0.768. The Morgan fingerprint density at radius 3 is 2.65 bits per heavy atom. The molecule has 3 rings (SSSR count). The average Bonchev–Trinajstić information content (AvgIpc) is 2.69. The van der Waals surface area contributed by atoms with Crippen LogP contribution in [0.15, 0.2) is 45.9 Å². The first kappa shape index (κ1) is 13.6. The molecule has 1 amide bonds. The number of anilines is 1. The van der Waals surface area contributed by atoms with Crippen LogP contribution < -0.4 is 5.32 Å². The van der Waals surface area contributed by atoms with Gasteiger partial charge >= 0.3 is 0 Å². The van der Waals surface area contributed by atoms with E-state index in [0.29, 0.717) is 32.7 Å². The summed E-state index contributed by atoms with van der Waals surface area (Å²) in [6, 6.07) is 10.5. The van der Waals surface area contributed by atoms with Crippen LogP contribution >= 0.6 is 39.1 Å². The van der Waals surface area contributed by atoms with Gasteiger partial charge in [0.05, 0.1) is 16.4 Å². The minimum atomic E-state index is -0.263. The average molecular weight is 370 g/mol. The standard InChI is InChI=1S/C14H7BrCl2N2O/c15-7-1-3-12(10(17)5-7)18-13-9-6-8(16)2-4-11(9)19-14(13)20/h1-6H,(H,18,19,20). The van der Waals surface area contributed by atoms with E-state index in [9.17, 15) is 4.79 Å². The van der Waals surface area contributed by atoms with Gasteiger partial charge in [0.25, 0.3) is 5.91 Å². The van der Waals surface area contributed by atoms with E-state index in [1.807, 2.05) is 6.07 Å². The zero-order chi connectivity index (χ0) is 14.3. The van der Waals surface area contributed by atoms with E-state index in [0.717, 1.165) is 4.47 Å². The minimum absolute atomic E-state index is 0.263. The number of hydrogen-bond acceptors (Lipinski definition) is 2. The van der Waals surface area contributed by atoms with Crippen molar-refractivity contribution in [1.29, 1.82) is 0 Å². The highest BCUT2D eigenvalue weighted by atomic mass is 79.9. The van der Waals surface area contributed by atoms with Gasteiger partial charge in [-0.05, 0) is 36.4 Å². The second-order valence-corrected chi connectivity index (χ2v) is 5.96. The van der Waals surface area contributed by atoms with E-state index < -0.39 is 0 Å². The SMILES string of the molecule is O=C1Nc2ccc(Cl)cc2C1=Nc1ccc(Br)cc1Cl. The lowest BCUT2D eigenvalue weighted by molar-refractivity contribution is -0.110. The molecule has 0 aliphatic carbocycles. The summed E-state index contributed by atoms with van der Waals surface area (Å²) in [6.45, 7) is 0. The van der Waals surface area contributed by atoms with Crippen molar-refractivity contribution in [2.75, 3.05) is 5.32 Å². The van der Waals surface area contributed by atoms with Crippen molar-refractivity contribution < 1.29 is 4.79 Å². The number of nitrogens with one attached hydrogen (secondary N) is 1. The molecule has 1 aliphatic rings. The topological polar surface area (TPSA) is 41.5 Å². The van der Waals surface area contributed by atoms with Crippen LogP contribution in [0.1, 0.15) is 5.56 Å². The first-order valence-electron chi connectivity index (χ1n) is 5.69. The van der Waals surface area contributed by atoms with Gasteiger partial charge in [-0.15, -0.1) is 0 Å². The first-order chi connectivity index (χ1) is 9.54. The Balaban J connectivity index is 2.13. The molecule has 0 radical (unpaired) electrons. The fourth-order valence-corrected chi connectivity index (χ4v) is 2.82. The number of benzene rings is 2. The van der Waals surface area contributed by atoms with Crippen LogP contribution in [0.25, 0.3) is 0 Å². The Morgan fingerprint density at radius 1 is 1.10 bits per heavy atom. The third-order valence-electron chi connectivity index (χ3n) is 2.84. The molecule has 0 spiro atoms. The van der Waals surface area contributed by atoms with Crippen molar-refractivity contribution in [3.8, 4) is 0 Å². The summed E-state index contributed by atoms with van der Waals surface area (Å²) in [4.78, 5) is 16.3. The van der Waals surface area contributed by atoms with Crippen LogP contribution in [0.5, 0.6) is 0 Å². The van der Waals surface area contributed by atoms with E-state index in [1.54, 1.807) is 30.3 Å². The molecule has 100 valence electrons. The summed E-state index contributed by atoms with van der Waals surface area (Å²) in [5, 5.41) is 3.76. The normalized spacial score (nSPS) is 15.3. The monoisotopic (exact) mass is 368 g/mol. The van der Waals surface area contributed by atoms with Crippen molar-refractivity contribution in [2.24, 2.45) is 4.99 Å². The highest BCUT2D eigenvalue weighted by Gasteiger charge is 2.26. The fourth-order valence-electron chi connectivity index (χ4n) is 1.93. The molecule has 1 heterocycles. The van der Waals surface area contributed by atoms with Crippen molar-refractivity contribution >= 4 is 62.1 Å². The third-order valence-corrected chi connectivity index (χ3v) is 3.87. The van der Waals surface area contributed by atoms with Gasteiger partial charge in [0.15, 0.2) is 0 Å². The molecule has 0 fully saturated rings. The zero-order valence-electron chi connectivity index (χ0n) is 9.95. The third kappa shape index (κ3) is 2.46. The summed E-state index contributed by atoms with van der Waals surface area (Å²) in [7, 11) is 0. The van der Waals surface area contributed by atoms with Gasteiger partial charge in [-0.25, -0.2) is 4.99 Å². The molecule has 2 aromatic carbocycles. The van der Waals surface area contributed by atoms with E-state index in [2.05, 4.69) is 26.2 Å². The molecular formula is C14H7BrCl2N2O. The molecule has 1 aliphatic heterocycles. The molecule has 0 atom stereocenters. The van der Waals surface area contributed by atoms with Gasteiger partial charge in [-0.1, -0.05) is 39.1 Å². The van der Waals surface area contributed by atoms with Crippen molar-refractivity contribution in [2.45, 2.75) is 0 Å². The van der Waals surface area contributed by atoms with E-state index in [-0.39, 0.29) is 5.91 Å². The fraction of sp³-hybridized carbons (Fsp3) is 0. The smallest absolute Gasteiger partial charge is 0.275 e. The highest BCUT2D eigenvalue weighted by Crippen LogP contribution is 2.32. The summed E-state index contributed by atoms with van der Waals surface area (Å²) >= 11 is 15.4. The number of fused-ring (bicyclic) bond motifs is 1.